The summed E-state index contributed by atoms with van der Waals surface area (Å²) in [4.78, 5) is 29.2. The van der Waals surface area contributed by atoms with Crippen LogP contribution in [-0.2, 0) is 11.8 Å². The average molecular weight is 398 g/mol. The van der Waals surface area contributed by atoms with Crippen molar-refractivity contribution < 1.29 is 9.59 Å². The maximum absolute atomic E-state index is 13.1. The molecule has 1 aromatic carbocycles. The number of pyridine rings is 1. The van der Waals surface area contributed by atoms with Gasteiger partial charge in [0.2, 0.25) is 5.91 Å². The first-order chi connectivity index (χ1) is 13.3. The van der Waals surface area contributed by atoms with Crippen LogP contribution in [-0.4, -0.2) is 26.6 Å². The maximum atomic E-state index is 13.1. The van der Waals surface area contributed by atoms with Crippen LogP contribution in [0.15, 0.2) is 24.3 Å². The van der Waals surface area contributed by atoms with E-state index in [2.05, 4.69) is 15.7 Å². The Hall–Kier alpha value is -2.93. The number of rotatable bonds is 4. The number of carbonyl (C=O) groups is 2. The number of fused-ring (bicyclic) bond motifs is 1. The number of nitrogens with zero attached hydrogens (tertiary/aromatic N) is 3. The van der Waals surface area contributed by atoms with E-state index >= 15 is 0 Å². The van der Waals surface area contributed by atoms with Crippen LogP contribution in [0.3, 0.4) is 0 Å². The molecule has 1 fully saturated rings. The standard InChI is InChI=1S/C20H20ClN5O2/c1-10-18-14(9-16(12-4-5-12)24-19(18)26(3)25-10)20(28)23-13-6-7-15(21)17(8-13)22-11(2)27/h6-9,12H,4-5H2,1-3H3,(H,22,27)(H,23,28). The molecular weight excluding hydrogens is 378 g/mol. The van der Waals surface area contributed by atoms with Crippen molar-refractivity contribution in [3.8, 4) is 0 Å². The van der Waals surface area contributed by atoms with E-state index < -0.39 is 0 Å². The highest BCUT2D eigenvalue weighted by atomic mass is 35.5. The van der Waals surface area contributed by atoms with Gasteiger partial charge in [-0.25, -0.2) is 4.98 Å². The van der Waals surface area contributed by atoms with Crippen LogP contribution in [0, 0.1) is 6.92 Å². The Labute approximate surface area is 167 Å². The molecule has 0 spiro atoms. The van der Waals surface area contributed by atoms with Gasteiger partial charge in [0.1, 0.15) is 0 Å². The molecule has 0 radical (unpaired) electrons. The summed E-state index contributed by atoms with van der Waals surface area (Å²) in [7, 11) is 1.83. The predicted octanol–water partition coefficient (Wildman–Crippen LogP) is 4.02. The second-order valence-electron chi connectivity index (χ2n) is 7.11. The molecule has 0 unspecified atom stereocenters. The van der Waals surface area contributed by atoms with Crippen LogP contribution < -0.4 is 10.6 Å². The van der Waals surface area contributed by atoms with Gasteiger partial charge in [0.05, 0.1) is 27.4 Å². The third-order valence-electron chi connectivity index (χ3n) is 4.76. The molecule has 8 heteroatoms. The summed E-state index contributed by atoms with van der Waals surface area (Å²) in [5.41, 5.74) is 3.93. The number of anilines is 2. The summed E-state index contributed by atoms with van der Waals surface area (Å²) in [5, 5.41) is 11.1. The van der Waals surface area contributed by atoms with Gasteiger partial charge in [-0.3, -0.25) is 14.3 Å². The lowest BCUT2D eigenvalue weighted by Gasteiger charge is -2.11. The van der Waals surface area contributed by atoms with Gasteiger partial charge in [-0.15, -0.1) is 0 Å². The van der Waals surface area contributed by atoms with Crippen LogP contribution in [0.25, 0.3) is 11.0 Å². The molecule has 2 aromatic heterocycles. The van der Waals surface area contributed by atoms with Crippen molar-refractivity contribution in [2.45, 2.75) is 32.6 Å². The second-order valence-corrected chi connectivity index (χ2v) is 7.51. The Morgan fingerprint density at radius 3 is 2.64 bits per heavy atom. The molecule has 4 rings (SSSR count). The van der Waals surface area contributed by atoms with Gasteiger partial charge < -0.3 is 10.6 Å². The van der Waals surface area contributed by atoms with Crippen LogP contribution in [0.1, 0.15) is 47.4 Å². The zero-order valence-electron chi connectivity index (χ0n) is 15.8. The van der Waals surface area contributed by atoms with Crippen molar-refractivity contribution >= 4 is 45.8 Å². The molecule has 0 atom stereocenters. The number of carbonyl (C=O) groups excluding carboxylic acids is 2. The van der Waals surface area contributed by atoms with Crippen molar-refractivity contribution in [1.82, 2.24) is 14.8 Å². The highest BCUT2D eigenvalue weighted by Gasteiger charge is 2.28. The lowest BCUT2D eigenvalue weighted by Crippen LogP contribution is -2.14. The highest BCUT2D eigenvalue weighted by molar-refractivity contribution is 6.33. The van der Waals surface area contributed by atoms with E-state index in [0.29, 0.717) is 33.5 Å². The minimum absolute atomic E-state index is 0.235. The third kappa shape index (κ3) is 3.45. The SMILES string of the molecule is CC(=O)Nc1cc(NC(=O)c2cc(C3CC3)nc3c2c(C)nn3C)ccc1Cl. The summed E-state index contributed by atoms with van der Waals surface area (Å²) < 4.78 is 1.71. The van der Waals surface area contributed by atoms with E-state index in [1.54, 1.807) is 22.9 Å². The van der Waals surface area contributed by atoms with Gasteiger partial charge in [0, 0.05) is 31.3 Å². The van der Waals surface area contributed by atoms with Gasteiger partial charge in [0.15, 0.2) is 5.65 Å². The Balaban J connectivity index is 1.72. The van der Waals surface area contributed by atoms with E-state index in [1.165, 1.54) is 6.92 Å². The van der Waals surface area contributed by atoms with Gasteiger partial charge in [-0.1, -0.05) is 11.6 Å². The Kier molecular flexibility index (Phi) is 4.55. The lowest BCUT2D eigenvalue weighted by atomic mass is 10.1. The highest BCUT2D eigenvalue weighted by Crippen LogP contribution is 2.40. The molecule has 144 valence electrons. The van der Waals surface area contributed by atoms with Gasteiger partial charge in [0.25, 0.3) is 5.91 Å². The van der Waals surface area contributed by atoms with E-state index in [4.69, 9.17) is 16.6 Å². The first-order valence-electron chi connectivity index (χ1n) is 9.06. The molecule has 2 heterocycles. The smallest absolute Gasteiger partial charge is 0.256 e. The predicted molar refractivity (Wildman–Crippen MR) is 109 cm³/mol. The average Bonchev–Trinajstić information content (AvgIpc) is 3.44. The number of benzene rings is 1. The van der Waals surface area contributed by atoms with Gasteiger partial charge in [-0.05, 0) is 44.0 Å². The summed E-state index contributed by atoms with van der Waals surface area (Å²) >= 11 is 6.11. The number of aromatic nitrogens is 3. The van der Waals surface area contributed by atoms with Crippen LogP contribution >= 0.6 is 11.6 Å². The van der Waals surface area contributed by atoms with Crippen molar-refractivity contribution in [2.24, 2.45) is 7.05 Å². The second kappa shape index (κ2) is 6.91. The van der Waals surface area contributed by atoms with E-state index in [-0.39, 0.29) is 11.8 Å². The van der Waals surface area contributed by atoms with Crippen LogP contribution in [0.2, 0.25) is 5.02 Å². The van der Waals surface area contributed by atoms with E-state index in [1.807, 2.05) is 20.0 Å². The molecule has 2 N–H and O–H groups in total. The number of aryl methyl sites for hydroxylation is 2. The monoisotopic (exact) mass is 397 g/mol. The molecule has 0 saturated heterocycles. The van der Waals surface area contributed by atoms with Gasteiger partial charge in [-0.2, -0.15) is 5.10 Å². The largest absolute Gasteiger partial charge is 0.325 e. The third-order valence-corrected chi connectivity index (χ3v) is 5.09. The number of halogens is 1. The van der Waals surface area contributed by atoms with Crippen LogP contribution in [0.4, 0.5) is 11.4 Å². The molecule has 28 heavy (non-hydrogen) atoms. The van der Waals surface area contributed by atoms with Crippen molar-refractivity contribution in [3.63, 3.8) is 0 Å². The summed E-state index contributed by atoms with van der Waals surface area (Å²) in [6.45, 7) is 3.27. The minimum atomic E-state index is -0.249. The minimum Gasteiger partial charge on any atom is -0.325 e. The van der Waals surface area contributed by atoms with Crippen molar-refractivity contribution in [3.05, 3.63) is 46.2 Å². The van der Waals surface area contributed by atoms with Crippen molar-refractivity contribution in [1.29, 1.82) is 0 Å². The topological polar surface area (TPSA) is 88.9 Å². The molecule has 0 bridgehead atoms. The molecule has 7 nitrogen and oxygen atoms in total. The first-order valence-corrected chi connectivity index (χ1v) is 9.44. The normalized spacial score (nSPS) is 13.6. The van der Waals surface area contributed by atoms with Crippen molar-refractivity contribution in [2.75, 3.05) is 10.6 Å². The van der Waals surface area contributed by atoms with E-state index in [9.17, 15) is 9.59 Å². The molecule has 1 saturated carbocycles. The maximum Gasteiger partial charge on any atom is 0.256 e. The fourth-order valence-corrected chi connectivity index (χ4v) is 3.48. The molecule has 1 aliphatic carbocycles. The number of hydrogen-bond acceptors (Lipinski definition) is 4. The number of nitrogens with one attached hydrogen (secondary N) is 2. The number of amides is 2. The Morgan fingerprint density at radius 2 is 1.96 bits per heavy atom. The summed E-state index contributed by atoms with van der Waals surface area (Å²) in [6, 6.07) is 6.84. The van der Waals surface area contributed by atoms with E-state index in [0.717, 1.165) is 29.6 Å². The summed E-state index contributed by atoms with van der Waals surface area (Å²) in [5.74, 6) is -0.0733. The summed E-state index contributed by atoms with van der Waals surface area (Å²) in [6.07, 6.45) is 2.18. The Bertz CT molecular complexity index is 1120. The molecule has 1 aliphatic rings. The fourth-order valence-electron chi connectivity index (χ4n) is 3.32. The molecule has 3 aromatic rings. The van der Waals surface area contributed by atoms with Crippen LogP contribution in [0.5, 0.6) is 0 Å². The fraction of sp³-hybridized carbons (Fsp3) is 0.300. The zero-order chi connectivity index (χ0) is 20.0. The first kappa shape index (κ1) is 18.4. The molecule has 0 aliphatic heterocycles. The molecule has 2 amide bonds. The number of hydrogen-bond donors (Lipinski definition) is 2. The zero-order valence-corrected chi connectivity index (χ0v) is 16.6. The van der Waals surface area contributed by atoms with Gasteiger partial charge >= 0.3 is 0 Å². The lowest BCUT2D eigenvalue weighted by molar-refractivity contribution is -0.114. The Morgan fingerprint density at radius 1 is 1.21 bits per heavy atom. The molecular formula is C20H20ClN5O2. The quantitative estimate of drug-likeness (QED) is 0.695.